The molecule has 0 radical (unpaired) electrons. The van der Waals surface area contributed by atoms with E-state index in [1.165, 1.54) is 49.3 Å². The van der Waals surface area contributed by atoms with Gasteiger partial charge in [-0.25, -0.2) is 15.0 Å². The molecule has 7 aromatic carbocycles. The predicted molar refractivity (Wildman–Crippen MR) is 225 cm³/mol. The van der Waals surface area contributed by atoms with E-state index in [1.807, 2.05) is 18.2 Å². The smallest absolute Gasteiger partial charge is 0.164 e. The van der Waals surface area contributed by atoms with Crippen LogP contribution in [0.2, 0.25) is 19.6 Å². The summed E-state index contributed by atoms with van der Waals surface area (Å²) in [6.07, 6.45) is 0. The molecule has 3 nitrogen and oxygen atoms in total. The number of rotatable bonds is 6. The molecule has 53 heavy (non-hydrogen) atoms. The molecule has 0 unspecified atom stereocenters. The Morgan fingerprint density at radius 3 is 1.58 bits per heavy atom. The largest absolute Gasteiger partial charge is 0.208 e. The Labute approximate surface area is 313 Å². The minimum atomic E-state index is -1.44. The van der Waals surface area contributed by atoms with E-state index < -0.39 is 8.07 Å². The highest BCUT2D eigenvalue weighted by molar-refractivity contribution is 6.88. The van der Waals surface area contributed by atoms with Crippen LogP contribution in [-0.2, 0) is 5.41 Å². The number of nitrogens with zero attached hydrogens (tertiary/aromatic N) is 3. The van der Waals surface area contributed by atoms with E-state index in [4.69, 9.17) is 15.0 Å². The molecule has 4 heteroatoms. The molecular weight excluding hydrogens is 659 g/mol. The van der Waals surface area contributed by atoms with Gasteiger partial charge in [0.25, 0.3) is 0 Å². The molecule has 0 aliphatic heterocycles. The molecule has 9 rings (SSSR count). The minimum absolute atomic E-state index is 0.0883. The van der Waals surface area contributed by atoms with Gasteiger partial charge in [0.2, 0.25) is 0 Å². The van der Waals surface area contributed by atoms with Gasteiger partial charge in [-0.15, -0.1) is 0 Å². The Bertz CT molecular complexity index is 2670. The van der Waals surface area contributed by atoms with Gasteiger partial charge in [-0.2, -0.15) is 0 Å². The second-order valence-electron chi connectivity index (χ2n) is 15.8. The van der Waals surface area contributed by atoms with Gasteiger partial charge in [0.1, 0.15) is 0 Å². The topological polar surface area (TPSA) is 38.7 Å². The molecular formula is C49H41N3Si. The Balaban J connectivity index is 1.09. The van der Waals surface area contributed by atoms with Crippen LogP contribution in [0.4, 0.5) is 0 Å². The average molecular weight is 700 g/mol. The van der Waals surface area contributed by atoms with Crippen LogP contribution in [0, 0.1) is 0 Å². The summed E-state index contributed by atoms with van der Waals surface area (Å²) in [5, 5.41) is 4.03. The van der Waals surface area contributed by atoms with Gasteiger partial charge < -0.3 is 0 Å². The van der Waals surface area contributed by atoms with E-state index in [1.54, 1.807) is 0 Å². The second-order valence-corrected chi connectivity index (χ2v) is 20.8. The lowest BCUT2D eigenvalue weighted by Gasteiger charge is -2.22. The SMILES string of the molecule is CC1(C)c2cc(-c3cccc(-c4cccc(-c5nc(-c6ccccc6)nc(-c6ccc([Si](C)(C)C)cc6)n5)c4)c3)ccc2-c2c1ccc1ccccc21. The molecule has 0 saturated heterocycles. The lowest BCUT2D eigenvalue weighted by molar-refractivity contribution is 0.661. The van der Waals surface area contributed by atoms with Gasteiger partial charge in [0, 0.05) is 22.1 Å². The van der Waals surface area contributed by atoms with Crippen molar-refractivity contribution in [1.29, 1.82) is 0 Å². The zero-order valence-corrected chi connectivity index (χ0v) is 31.9. The Hall–Kier alpha value is -5.97. The Kier molecular flexibility index (Phi) is 7.83. The summed E-state index contributed by atoms with van der Waals surface area (Å²) in [6, 6.07) is 56.8. The first-order chi connectivity index (χ1) is 25.6. The zero-order chi connectivity index (χ0) is 36.3. The van der Waals surface area contributed by atoms with Crippen LogP contribution in [0.15, 0.2) is 158 Å². The van der Waals surface area contributed by atoms with Crippen molar-refractivity contribution in [2.45, 2.75) is 38.9 Å². The van der Waals surface area contributed by atoms with E-state index in [2.05, 4.69) is 173 Å². The molecule has 0 fully saturated rings. The summed E-state index contributed by atoms with van der Waals surface area (Å²) < 4.78 is 0. The highest BCUT2D eigenvalue weighted by Gasteiger charge is 2.36. The third kappa shape index (κ3) is 5.89. The first-order valence-electron chi connectivity index (χ1n) is 18.4. The Morgan fingerprint density at radius 1 is 0.415 bits per heavy atom. The zero-order valence-electron chi connectivity index (χ0n) is 30.9. The van der Waals surface area contributed by atoms with E-state index >= 15 is 0 Å². The summed E-state index contributed by atoms with van der Waals surface area (Å²) in [4.78, 5) is 15.1. The standard InChI is InChI=1S/C49H41N3Si/c1-49(2)43-28-24-32-13-9-10-20-41(32)45(43)42-27-23-38(31-44(42)49)36-17-11-16-35(29-36)37-18-12-19-39(30-37)48-51-46(33-14-7-6-8-15-33)50-47(52-48)34-21-25-40(26-22-34)53(3,4)5/h6-31H,1-5H3. The third-order valence-corrected chi connectivity index (χ3v) is 13.0. The van der Waals surface area contributed by atoms with Crippen LogP contribution < -0.4 is 5.19 Å². The number of benzene rings is 7. The first-order valence-corrected chi connectivity index (χ1v) is 21.9. The molecule has 0 spiro atoms. The van der Waals surface area contributed by atoms with Crippen molar-refractivity contribution in [1.82, 2.24) is 15.0 Å². The summed E-state index contributed by atoms with van der Waals surface area (Å²) in [7, 11) is -1.44. The predicted octanol–water partition coefficient (Wildman–Crippen LogP) is 12.2. The molecule has 1 aromatic heterocycles. The maximum Gasteiger partial charge on any atom is 0.164 e. The highest BCUT2D eigenvalue weighted by Crippen LogP contribution is 2.52. The van der Waals surface area contributed by atoms with Crippen molar-refractivity contribution in [3.05, 3.63) is 169 Å². The molecule has 0 atom stereocenters. The first kappa shape index (κ1) is 32.9. The molecule has 1 aliphatic carbocycles. The second kappa shape index (κ2) is 12.6. The van der Waals surface area contributed by atoms with E-state index in [0.717, 1.165) is 27.8 Å². The van der Waals surface area contributed by atoms with Crippen LogP contribution >= 0.6 is 0 Å². The van der Waals surface area contributed by atoms with Crippen LogP contribution in [0.5, 0.6) is 0 Å². The van der Waals surface area contributed by atoms with Crippen molar-refractivity contribution >= 4 is 24.0 Å². The maximum absolute atomic E-state index is 5.06. The molecule has 256 valence electrons. The highest BCUT2D eigenvalue weighted by atomic mass is 28.3. The summed E-state index contributed by atoms with van der Waals surface area (Å²) in [5.41, 5.74) is 13.0. The number of hydrogen-bond acceptors (Lipinski definition) is 3. The van der Waals surface area contributed by atoms with Crippen LogP contribution in [0.25, 0.3) is 78.3 Å². The maximum atomic E-state index is 5.06. The van der Waals surface area contributed by atoms with Crippen LogP contribution in [0.1, 0.15) is 25.0 Å². The number of fused-ring (bicyclic) bond motifs is 5. The summed E-state index contributed by atoms with van der Waals surface area (Å²) >= 11 is 0. The van der Waals surface area contributed by atoms with Crippen molar-refractivity contribution in [3.8, 4) is 67.5 Å². The summed E-state index contributed by atoms with van der Waals surface area (Å²) in [5.74, 6) is 2.01. The van der Waals surface area contributed by atoms with Crippen LogP contribution in [0.3, 0.4) is 0 Å². The molecule has 1 heterocycles. The van der Waals surface area contributed by atoms with Crippen molar-refractivity contribution < 1.29 is 0 Å². The fraction of sp³-hybridized carbons (Fsp3) is 0.122. The van der Waals surface area contributed by atoms with Crippen LogP contribution in [-0.4, -0.2) is 23.0 Å². The fourth-order valence-corrected chi connectivity index (χ4v) is 9.04. The number of hydrogen-bond donors (Lipinski definition) is 0. The van der Waals surface area contributed by atoms with Crippen molar-refractivity contribution in [3.63, 3.8) is 0 Å². The quantitative estimate of drug-likeness (QED) is 0.162. The fourth-order valence-electron chi connectivity index (χ4n) is 7.87. The Morgan fingerprint density at radius 2 is 0.925 bits per heavy atom. The number of aromatic nitrogens is 3. The molecule has 0 bridgehead atoms. The monoisotopic (exact) mass is 699 g/mol. The van der Waals surface area contributed by atoms with Gasteiger partial charge >= 0.3 is 0 Å². The average Bonchev–Trinajstić information content (AvgIpc) is 3.43. The van der Waals surface area contributed by atoms with Gasteiger partial charge in [0.15, 0.2) is 17.5 Å². The van der Waals surface area contributed by atoms with E-state index in [0.29, 0.717) is 17.5 Å². The van der Waals surface area contributed by atoms with E-state index in [-0.39, 0.29) is 5.41 Å². The summed E-state index contributed by atoms with van der Waals surface area (Å²) in [6.45, 7) is 11.8. The van der Waals surface area contributed by atoms with Gasteiger partial charge in [0.05, 0.1) is 8.07 Å². The molecule has 0 amide bonds. The van der Waals surface area contributed by atoms with Gasteiger partial charge in [-0.3, -0.25) is 0 Å². The lowest BCUT2D eigenvalue weighted by atomic mass is 9.81. The normalized spacial score (nSPS) is 13.2. The van der Waals surface area contributed by atoms with Crippen molar-refractivity contribution in [2.75, 3.05) is 0 Å². The third-order valence-electron chi connectivity index (χ3n) is 10.9. The molecule has 1 aliphatic rings. The molecule has 0 N–H and O–H groups in total. The van der Waals surface area contributed by atoms with Gasteiger partial charge in [-0.05, 0) is 73.5 Å². The minimum Gasteiger partial charge on any atom is -0.208 e. The molecule has 8 aromatic rings. The molecule has 0 saturated carbocycles. The lowest BCUT2D eigenvalue weighted by Crippen LogP contribution is -2.37. The van der Waals surface area contributed by atoms with E-state index in [9.17, 15) is 0 Å². The van der Waals surface area contributed by atoms with Gasteiger partial charge in [-0.1, -0.05) is 178 Å². The van der Waals surface area contributed by atoms with Crippen molar-refractivity contribution in [2.24, 2.45) is 0 Å².